The summed E-state index contributed by atoms with van der Waals surface area (Å²) < 4.78 is 34.1. The zero-order valence-corrected chi connectivity index (χ0v) is 14.9. The van der Waals surface area contributed by atoms with Crippen molar-refractivity contribution in [3.8, 4) is 5.75 Å². The van der Waals surface area contributed by atoms with Gasteiger partial charge >= 0.3 is 0 Å². The van der Waals surface area contributed by atoms with E-state index >= 15 is 0 Å². The van der Waals surface area contributed by atoms with Crippen LogP contribution in [0.25, 0.3) is 0 Å². The maximum Gasteiger partial charge on any atom is 0.243 e. The van der Waals surface area contributed by atoms with Crippen LogP contribution < -0.4 is 10.1 Å². The molecule has 1 N–H and O–H groups in total. The molecular formula is C16H20N4O4S. The Kier molecular flexibility index (Phi) is 4.78. The number of carbonyl (C=O) groups excluding carboxylic acids is 1. The molecule has 0 bridgehead atoms. The minimum absolute atomic E-state index is 0.157. The number of carbonyl (C=O) groups is 1. The van der Waals surface area contributed by atoms with Crippen LogP contribution in [0.1, 0.15) is 18.2 Å². The number of hydrogen-bond acceptors (Lipinski definition) is 5. The number of hydrogen-bond donors (Lipinski definition) is 1. The SMILES string of the molecule is CNC(=O)C[C@@H]1CN(S(=O)(=O)c2ccc(OC)cc2)Cc2ccnn21. The maximum atomic E-state index is 13.0. The predicted molar refractivity (Wildman–Crippen MR) is 90.5 cm³/mol. The van der Waals surface area contributed by atoms with Gasteiger partial charge in [-0.2, -0.15) is 9.40 Å². The van der Waals surface area contributed by atoms with Crippen molar-refractivity contribution in [2.75, 3.05) is 20.7 Å². The molecule has 0 radical (unpaired) electrons. The van der Waals surface area contributed by atoms with Crippen molar-refractivity contribution >= 4 is 15.9 Å². The van der Waals surface area contributed by atoms with Gasteiger partial charge in [-0.3, -0.25) is 9.48 Å². The Morgan fingerprint density at radius 3 is 2.68 bits per heavy atom. The second-order valence-corrected chi connectivity index (χ2v) is 7.71. The Morgan fingerprint density at radius 2 is 2.04 bits per heavy atom. The summed E-state index contributed by atoms with van der Waals surface area (Å²) in [5.41, 5.74) is 0.761. The molecule has 1 aliphatic rings. The molecule has 2 heterocycles. The molecule has 3 rings (SSSR count). The fourth-order valence-electron chi connectivity index (χ4n) is 2.90. The summed E-state index contributed by atoms with van der Waals surface area (Å²) in [6.07, 6.45) is 1.79. The first-order valence-electron chi connectivity index (χ1n) is 7.83. The number of rotatable bonds is 5. The maximum absolute atomic E-state index is 13.0. The van der Waals surface area contributed by atoms with Crippen LogP contribution >= 0.6 is 0 Å². The highest BCUT2D eigenvalue weighted by Crippen LogP contribution is 2.28. The van der Waals surface area contributed by atoms with E-state index in [1.807, 2.05) is 0 Å². The molecule has 1 amide bonds. The fourth-order valence-corrected chi connectivity index (χ4v) is 4.35. The van der Waals surface area contributed by atoms with Gasteiger partial charge in [0.1, 0.15) is 5.75 Å². The summed E-state index contributed by atoms with van der Waals surface area (Å²) >= 11 is 0. The van der Waals surface area contributed by atoms with Crippen molar-refractivity contribution in [1.29, 1.82) is 0 Å². The minimum atomic E-state index is -3.68. The van der Waals surface area contributed by atoms with E-state index in [9.17, 15) is 13.2 Å². The lowest BCUT2D eigenvalue weighted by Crippen LogP contribution is -2.42. The average Bonchev–Trinajstić information content (AvgIpc) is 3.10. The largest absolute Gasteiger partial charge is 0.497 e. The third kappa shape index (κ3) is 3.38. The van der Waals surface area contributed by atoms with Gasteiger partial charge in [-0.25, -0.2) is 8.42 Å². The Bertz CT molecular complexity index is 861. The number of benzene rings is 1. The summed E-state index contributed by atoms with van der Waals surface area (Å²) in [6, 6.07) is 7.70. The lowest BCUT2D eigenvalue weighted by atomic mass is 10.1. The molecule has 9 heteroatoms. The van der Waals surface area contributed by atoms with Gasteiger partial charge in [-0.05, 0) is 30.3 Å². The zero-order chi connectivity index (χ0) is 18.0. The molecule has 0 saturated heterocycles. The highest BCUT2D eigenvalue weighted by atomic mass is 32.2. The topological polar surface area (TPSA) is 93.5 Å². The van der Waals surface area contributed by atoms with Crippen LogP contribution in [-0.2, 0) is 21.4 Å². The van der Waals surface area contributed by atoms with E-state index in [0.717, 1.165) is 5.69 Å². The molecule has 0 saturated carbocycles. The Hall–Kier alpha value is -2.39. The number of sulfonamides is 1. The summed E-state index contributed by atoms with van der Waals surface area (Å²) in [5.74, 6) is 0.434. The first kappa shape index (κ1) is 17.4. The van der Waals surface area contributed by atoms with Gasteiger partial charge < -0.3 is 10.1 Å². The van der Waals surface area contributed by atoms with Crippen molar-refractivity contribution in [3.63, 3.8) is 0 Å². The molecule has 2 aromatic rings. The molecule has 0 fully saturated rings. The molecule has 1 aromatic heterocycles. The summed E-state index contributed by atoms with van der Waals surface area (Å²) in [7, 11) is -0.595. The van der Waals surface area contributed by atoms with Gasteiger partial charge in [0.05, 0.1) is 36.7 Å². The van der Waals surface area contributed by atoms with Crippen LogP contribution in [0.2, 0.25) is 0 Å². The fraction of sp³-hybridized carbons (Fsp3) is 0.375. The van der Waals surface area contributed by atoms with Crippen molar-refractivity contribution < 1.29 is 17.9 Å². The standard InChI is InChI=1S/C16H20N4O4S/c1-17-16(21)9-13-11-19(10-12-7-8-18-20(12)13)25(22,23)15-5-3-14(24-2)4-6-15/h3-8,13H,9-11H2,1-2H3,(H,17,21)/t13-/m1/s1. The van der Waals surface area contributed by atoms with Crippen molar-refractivity contribution in [3.05, 3.63) is 42.2 Å². The normalized spacial score (nSPS) is 17.8. The van der Waals surface area contributed by atoms with Crippen LogP contribution in [0.15, 0.2) is 41.4 Å². The second kappa shape index (κ2) is 6.85. The number of fused-ring (bicyclic) bond motifs is 1. The lowest BCUT2D eigenvalue weighted by Gasteiger charge is -2.32. The van der Waals surface area contributed by atoms with E-state index in [1.165, 1.54) is 23.5 Å². The number of methoxy groups -OCH3 is 1. The molecular weight excluding hydrogens is 344 g/mol. The van der Waals surface area contributed by atoms with E-state index in [2.05, 4.69) is 10.4 Å². The monoisotopic (exact) mass is 364 g/mol. The van der Waals surface area contributed by atoms with Crippen molar-refractivity contribution in [2.45, 2.75) is 23.9 Å². The first-order valence-corrected chi connectivity index (χ1v) is 9.27. The van der Waals surface area contributed by atoms with E-state index in [1.54, 1.807) is 36.1 Å². The smallest absolute Gasteiger partial charge is 0.243 e. The van der Waals surface area contributed by atoms with E-state index in [4.69, 9.17) is 4.74 Å². The van der Waals surface area contributed by atoms with E-state index in [-0.39, 0.29) is 36.4 Å². The lowest BCUT2D eigenvalue weighted by molar-refractivity contribution is -0.121. The molecule has 134 valence electrons. The number of aromatic nitrogens is 2. The third-order valence-electron chi connectivity index (χ3n) is 4.25. The molecule has 0 spiro atoms. The Balaban J connectivity index is 1.90. The summed E-state index contributed by atoms with van der Waals surface area (Å²) in [4.78, 5) is 12.0. The predicted octanol–water partition coefficient (Wildman–Crippen LogP) is 0.773. The van der Waals surface area contributed by atoms with E-state index < -0.39 is 10.0 Å². The van der Waals surface area contributed by atoms with Gasteiger partial charge in [0.15, 0.2) is 0 Å². The zero-order valence-electron chi connectivity index (χ0n) is 14.0. The molecule has 25 heavy (non-hydrogen) atoms. The first-order chi connectivity index (χ1) is 12.0. The van der Waals surface area contributed by atoms with Crippen LogP contribution in [0.4, 0.5) is 0 Å². The Labute approximate surface area is 146 Å². The van der Waals surface area contributed by atoms with Crippen LogP contribution in [0.5, 0.6) is 5.75 Å². The van der Waals surface area contributed by atoms with Crippen molar-refractivity contribution in [2.24, 2.45) is 0 Å². The van der Waals surface area contributed by atoms with Gasteiger partial charge in [0, 0.05) is 19.8 Å². The molecule has 1 atom stereocenters. The van der Waals surface area contributed by atoms with Crippen molar-refractivity contribution in [1.82, 2.24) is 19.4 Å². The van der Waals surface area contributed by atoms with E-state index in [0.29, 0.717) is 5.75 Å². The van der Waals surface area contributed by atoms with Gasteiger partial charge in [0.25, 0.3) is 0 Å². The van der Waals surface area contributed by atoms with Crippen LogP contribution in [0, 0.1) is 0 Å². The number of nitrogens with zero attached hydrogens (tertiary/aromatic N) is 3. The second-order valence-electron chi connectivity index (χ2n) is 5.77. The summed E-state index contributed by atoms with van der Waals surface area (Å²) in [6.45, 7) is 0.412. The third-order valence-corrected chi connectivity index (χ3v) is 6.07. The average molecular weight is 364 g/mol. The Morgan fingerprint density at radius 1 is 1.32 bits per heavy atom. The highest BCUT2D eigenvalue weighted by molar-refractivity contribution is 7.89. The van der Waals surface area contributed by atoms with Gasteiger partial charge in [0.2, 0.25) is 15.9 Å². The van der Waals surface area contributed by atoms with Gasteiger partial charge in [-0.15, -0.1) is 0 Å². The molecule has 0 unspecified atom stereocenters. The molecule has 1 aliphatic heterocycles. The van der Waals surface area contributed by atoms with Crippen LogP contribution in [-0.4, -0.2) is 49.1 Å². The molecule has 0 aliphatic carbocycles. The number of ether oxygens (including phenoxy) is 1. The molecule has 1 aromatic carbocycles. The number of nitrogens with one attached hydrogen (secondary N) is 1. The van der Waals surface area contributed by atoms with Gasteiger partial charge in [-0.1, -0.05) is 0 Å². The quantitative estimate of drug-likeness (QED) is 0.846. The summed E-state index contributed by atoms with van der Waals surface area (Å²) in [5, 5.41) is 6.81. The van der Waals surface area contributed by atoms with Crippen LogP contribution in [0.3, 0.4) is 0 Å². The minimum Gasteiger partial charge on any atom is -0.497 e. The molecule has 8 nitrogen and oxygen atoms in total. The number of amides is 1. The highest BCUT2D eigenvalue weighted by Gasteiger charge is 2.34.